The monoisotopic (exact) mass is 502 g/mol. The molecule has 0 bridgehead atoms. The summed E-state index contributed by atoms with van der Waals surface area (Å²) < 4.78 is 60.4. The average molecular weight is 503 g/mol. The molecule has 4 aromatic rings. The predicted octanol–water partition coefficient (Wildman–Crippen LogP) is 3.41. The molecule has 0 fully saturated rings. The van der Waals surface area contributed by atoms with Crippen molar-refractivity contribution in [2.24, 2.45) is 0 Å². The lowest BCUT2D eigenvalue weighted by atomic mass is 10.1. The van der Waals surface area contributed by atoms with Gasteiger partial charge in [0.2, 0.25) is 21.8 Å². The predicted molar refractivity (Wildman–Crippen MR) is 125 cm³/mol. The lowest BCUT2D eigenvalue weighted by molar-refractivity contribution is 0.391. The molecule has 3 heterocycles. The number of anilines is 1. The molecule has 35 heavy (non-hydrogen) atoms. The highest BCUT2D eigenvalue weighted by Crippen LogP contribution is 2.38. The second-order valence-corrected chi connectivity index (χ2v) is 9.61. The van der Waals surface area contributed by atoms with Crippen LogP contribution in [-0.2, 0) is 10.0 Å². The van der Waals surface area contributed by atoms with Gasteiger partial charge in [-0.3, -0.25) is 9.29 Å². The zero-order chi connectivity index (χ0) is 25.2. The Morgan fingerprint density at radius 1 is 1.03 bits per heavy atom. The fourth-order valence-electron chi connectivity index (χ4n) is 3.44. The maximum absolute atomic E-state index is 13.4. The zero-order valence-corrected chi connectivity index (χ0v) is 20.2. The summed E-state index contributed by atoms with van der Waals surface area (Å²) in [6.45, 7) is 3.14. The Morgan fingerprint density at radius 3 is 2.26 bits per heavy atom. The van der Waals surface area contributed by atoms with Gasteiger partial charge >= 0.3 is 0 Å². The number of nitrogens with one attached hydrogen (secondary N) is 1. The Bertz CT molecular complexity index is 1380. The molecule has 4 rings (SSSR count). The van der Waals surface area contributed by atoms with Crippen LogP contribution in [0.1, 0.15) is 25.6 Å². The third kappa shape index (κ3) is 4.67. The van der Waals surface area contributed by atoms with Gasteiger partial charge in [-0.25, -0.2) is 22.8 Å². The van der Waals surface area contributed by atoms with E-state index in [2.05, 4.69) is 24.9 Å². The number of benzene rings is 1. The van der Waals surface area contributed by atoms with Crippen LogP contribution >= 0.6 is 0 Å². The van der Waals surface area contributed by atoms with Crippen LogP contribution in [0.2, 0.25) is 0 Å². The number of sulfonamides is 1. The molecule has 0 amide bonds. The van der Waals surface area contributed by atoms with Gasteiger partial charge in [0.05, 0.1) is 38.1 Å². The number of furan rings is 1. The van der Waals surface area contributed by atoms with Gasteiger partial charge in [0, 0.05) is 5.92 Å². The normalized spacial score (nSPS) is 13.3. The SMILES string of the molecule is COc1cccc(OC)c1-n1c(NS(=O)(=O)[C@H](C)[C@H](C)c2ncc(F)cn2)nnc1-c1ccco1. The molecule has 0 saturated carbocycles. The van der Waals surface area contributed by atoms with Crippen molar-refractivity contribution in [1.29, 1.82) is 0 Å². The Balaban J connectivity index is 1.80. The fourth-order valence-corrected chi connectivity index (χ4v) is 4.67. The van der Waals surface area contributed by atoms with E-state index in [1.807, 2.05) is 0 Å². The van der Waals surface area contributed by atoms with E-state index in [-0.39, 0.29) is 17.6 Å². The van der Waals surface area contributed by atoms with Gasteiger partial charge < -0.3 is 13.9 Å². The molecule has 184 valence electrons. The molecule has 0 radical (unpaired) electrons. The highest BCUT2D eigenvalue weighted by Gasteiger charge is 2.32. The number of nitrogens with zero attached hydrogens (tertiary/aromatic N) is 5. The molecule has 2 atom stereocenters. The van der Waals surface area contributed by atoms with E-state index in [9.17, 15) is 12.8 Å². The molecule has 1 aromatic carbocycles. The molecule has 11 nitrogen and oxygen atoms in total. The summed E-state index contributed by atoms with van der Waals surface area (Å²) in [5.74, 6) is 0.146. The minimum atomic E-state index is -4.06. The molecule has 1 N–H and O–H groups in total. The van der Waals surface area contributed by atoms with E-state index in [0.29, 0.717) is 22.9 Å². The van der Waals surface area contributed by atoms with Crippen LogP contribution in [0.3, 0.4) is 0 Å². The number of aromatic nitrogens is 5. The van der Waals surface area contributed by atoms with Gasteiger partial charge in [-0.05, 0) is 31.2 Å². The van der Waals surface area contributed by atoms with Gasteiger partial charge in [0.15, 0.2) is 11.6 Å². The molecular weight excluding hydrogens is 479 g/mol. The lowest BCUT2D eigenvalue weighted by Crippen LogP contribution is -2.31. The standard InChI is InChI=1S/C22H23FN6O5S/c1-13(20-24-11-15(23)12-25-20)14(2)35(30,31)28-22-27-26-21(18-9-6-10-34-18)29(22)19-16(32-3)7-5-8-17(19)33-4/h5-14H,1-4H3,(H,27,28)/t13-,14+/m0/s1. The molecule has 13 heteroatoms. The van der Waals surface area contributed by atoms with Gasteiger partial charge in [0.25, 0.3) is 0 Å². The number of rotatable bonds is 9. The van der Waals surface area contributed by atoms with Crippen molar-refractivity contribution in [3.63, 3.8) is 0 Å². The first-order valence-corrected chi connectivity index (χ1v) is 12.0. The van der Waals surface area contributed by atoms with Crippen molar-refractivity contribution in [2.75, 3.05) is 18.9 Å². The van der Waals surface area contributed by atoms with Crippen LogP contribution in [0.5, 0.6) is 11.5 Å². The minimum absolute atomic E-state index is 0.113. The number of methoxy groups -OCH3 is 2. The number of ether oxygens (including phenoxy) is 2. The molecule has 0 unspecified atom stereocenters. The van der Waals surface area contributed by atoms with Crippen LogP contribution in [0, 0.1) is 5.82 Å². The van der Waals surface area contributed by atoms with Gasteiger partial charge in [0.1, 0.15) is 23.0 Å². The lowest BCUT2D eigenvalue weighted by Gasteiger charge is -2.21. The second kappa shape index (κ2) is 9.70. The summed E-state index contributed by atoms with van der Waals surface area (Å²) in [4.78, 5) is 7.82. The van der Waals surface area contributed by atoms with Crippen LogP contribution in [0.4, 0.5) is 10.3 Å². The minimum Gasteiger partial charge on any atom is -0.494 e. The summed E-state index contributed by atoms with van der Waals surface area (Å²) in [5, 5.41) is 7.23. The van der Waals surface area contributed by atoms with Crippen molar-refractivity contribution in [1.82, 2.24) is 24.7 Å². The van der Waals surface area contributed by atoms with E-state index < -0.39 is 27.0 Å². The van der Waals surface area contributed by atoms with E-state index in [1.165, 1.54) is 32.0 Å². The first kappa shape index (κ1) is 24.1. The number of halogens is 1. The van der Waals surface area contributed by atoms with Crippen LogP contribution < -0.4 is 14.2 Å². The average Bonchev–Trinajstić information content (AvgIpc) is 3.52. The quantitative estimate of drug-likeness (QED) is 0.365. The van der Waals surface area contributed by atoms with Crippen molar-refractivity contribution >= 4 is 16.0 Å². The molecule has 0 aliphatic carbocycles. The Labute approximate surface area is 201 Å². The topological polar surface area (TPSA) is 134 Å². The van der Waals surface area contributed by atoms with Crippen LogP contribution in [0.25, 0.3) is 17.3 Å². The molecule has 0 spiro atoms. The first-order valence-electron chi connectivity index (χ1n) is 10.5. The van der Waals surface area contributed by atoms with Crippen LogP contribution in [0.15, 0.2) is 53.4 Å². The Hall–Kier alpha value is -4.00. The summed E-state index contributed by atoms with van der Waals surface area (Å²) in [6.07, 6.45) is 3.45. The van der Waals surface area contributed by atoms with Gasteiger partial charge in [-0.1, -0.05) is 13.0 Å². The third-order valence-electron chi connectivity index (χ3n) is 5.50. The van der Waals surface area contributed by atoms with E-state index >= 15 is 0 Å². The number of hydrogen-bond acceptors (Lipinski definition) is 9. The summed E-state index contributed by atoms with van der Waals surface area (Å²) >= 11 is 0. The molecule has 0 aliphatic rings. The maximum atomic E-state index is 13.4. The van der Waals surface area contributed by atoms with Crippen molar-refractivity contribution in [2.45, 2.75) is 25.0 Å². The second-order valence-electron chi connectivity index (χ2n) is 7.57. The highest BCUT2D eigenvalue weighted by molar-refractivity contribution is 7.93. The first-order chi connectivity index (χ1) is 16.8. The van der Waals surface area contributed by atoms with Crippen molar-refractivity contribution in [3.05, 3.63) is 60.6 Å². The van der Waals surface area contributed by atoms with Crippen molar-refractivity contribution in [3.8, 4) is 28.8 Å². The Morgan fingerprint density at radius 2 is 1.69 bits per heavy atom. The molecule has 0 saturated heterocycles. The van der Waals surface area contributed by atoms with E-state index in [4.69, 9.17) is 13.9 Å². The summed E-state index contributed by atoms with van der Waals surface area (Å²) in [6, 6.07) is 8.45. The summed E-state index contributed by atoms with van der Waals surface area (Å²) in [5.41, 5.74) is 0.370. The van der Waals surface area contributed by atoms with Crippen molar-refractivity contribution < 1.29 is 26.7 Å². The fraction of sp³-hybridized carbons (Fsp3) is 0.273. The van der Waals surface area contributed by atoms with Gasteiger partial charge in [-0.2, -0.15) is 0 Å². The van der Waals surface area contributed by atoms with Gasteiger partial charge in [-0.15, -0.1) is 10.2 Å². The number of para-hydroxylation sites is 1. The van der Waals surface area contributed by atoms with E-state index in [1.54, 1.807) is 37.3 Å². The smallest absolute Gasteiger partial charge is 0.243 e. The highest BCUT2D eigenvalue weighted by atomic mass is 32.2. The largest absolute Gasteiger partial charge is 0.494 e. The molecular formula is C22H23FN6O5S. The maximum Gasteiger partial charge on any atom is 0.243 e. The zero-order valence-electron chi connectivity index (χ0n) is 19.3. The van der Waals surface area contributed by atoms with E-state index in [0.717, 1.165) is 12.4 Å². The third-order valence-corrected chi connectivity index (χ3v) is 7.36. The summed E-state index contributed by atoms with van der Waals surface area (Å²) in [7, 11) is -1.10. The Kier molecular flexibility index (Phi) is 6.69. The molecule has 0 aliphatic heterocycles. The number of hydrogen-bond donors (Lipinski definition) is 1. The molecule has 3 aromatic heterocycles. The van der Waals surface area contributed by atoms with Crippen LogP contribution in [-0.4, -0.2) is 52.6 Å².